The summed E-state index contributed by atoms with van der Waals surface area (Å²) in [5.74, 6) is 2.25. The van der Waals surface area contributed by atoms with Gasteiger partial charge in [-0.05, 0) is 30.3 Å². The van der Waals surface area contributed by atoms with Crippen molar-refractivity contribution in [2.75, 3.05) is 6.61 Å². The first-order valence-electron chi connectivity index (χ1n) is 6.34. The lowest BCUT2D eigenvalue weighted by Crippen LogP contribution is -2.05. The molecule has 0 aliphatic heterocycles. The van der Waals surface area contributed by atoms with Gasteiger partial charge in [0, 0.05) is 5.56 Å². The molecule has 102 valence electrons. The Morgan fingerprint density at radius 2 is 2.10 bits per heavy atom. The van der Waals surface area contributed by atoms with Crippen molar-refractivity contribution < 1.29 is 13.9 Å². The highest BCUT2D eigenvalue weighted by Crippen LogP contribution is 2.24. The molecule has 21 heavy (non-hydrogen) atoms. The summed E-state index contributed by atoms with van der Waals surface area (Å²) in [5, 5.41) is 0. The third-order valence-electron chi connectivity index (χ3n) is 2.93. The molecule has 0 saturated carbocycles. The number of para-hydroxylation sites is 2. The Morgan fingerprint density at radius 3 is 2.90 bits per heavy atom. The number of nitrogens with zero attached hydrogens (tertiary/aromatic N) is 1. The number of aromatic nitrogens is 1. The highest BCUT2D eigenvalue weighted by atomic mass is 16.5. The van der Waals surface area contributed by atoms with Gasteiger partial charge in [-0.1, -0.05) is 24.1 Å². The number of hydrogen-bond donors (Lipinski definition) is 0. The highest BCUT2D eigenvalue weighted by molar-refractivity contribution is 5.91. The zero-order valence-electron chi connectivity index (χ0n) is 11.1. The lowest BCUT2D eigenvalue weighted by atomic mass is 10.1. The Morgan fingerprint density at radius 1 is 1.24 bits per heavy atom. The third-order valence-corrected chi connectivity index (χ3v) is 2.93. The van der Waals surface area contributed by atoms with Crippen molar-refractivity contribution in [2.45, 2.75) is 0 Å². The average molecular weight is 277 g/mol. The minimum absolute atomic E-state index is 0.0497. The summed E-state index contributed by atoms with van der Waals surface area (Å²) >= 11 is 0. The molecule has 1 heterocycles. The first-order valence-corrected chi connectivity index (χ1v) is 6.34. The number of carbonyl (C=O) groups is 1. The van der Waals surface area contributed by atoms with Crippen molar-refractivity contribution in [3.8, 4) is 23.8 Å². The molecule has 0 N–H and O–H groups in total. The Labute approximate surface area is 121 Å². The number of benzene rings is 2. The zero-order chi connectivity index (χ0) is 14.7. The van der Waals surface area contributed by atoms with E-state index in [0.29, 0.717) is 22.6 Å². The van der Waals surface area contributed by atoms with Crippen LogP contribution in [0.5, 0.6) is 0 Å². The normalized spacial score (nSPS) is 10.2. The van der Waals surface area contributed by atoms with Gasteiger partial charge >= 0.3 is 5.97 Å². The number of esters is 1. The zero-order valence-corrected chi connectivity index (χ0v) is 11.1. The van der Waals surface area contributed by atoms with E-state index in [4.69, 9.17) is 15.6 Å². The number of carbonyl (C=O) groups excluding carboxylic acids is 1. The van der Waals surface area contributed by atoms with Crippen molar-refractivity contribution in [1.82, 2.24) is 4.98 Å². The minimum atomic E-state index is -0.467. The van der Waals surface area contributed by atoms with Gasteiger partial charge in [-0.15, -0.1) is 6.42 Å². The van der Waals surface area contributed by atoms with Crippen LogP contribution in [0.25, 0.3) is 22.6 Å². The second-order valence-electron chi connectivity index (χ2n) is 4.35. The van der Waals surface area contributed by atoms with Crippen LogP contribution in [0, 0.1) is 12.3 Å². The second-order valence-corrected chi connectivity index (χ2v) is 4.35. The maximum Gasteiger partial charge on any atom is 0.339 e. The van der Waals surface area contributed by atoms with Crippen LogP contribution in [0.1, 0.15) is 10.4 Å². The van der Waals surface area contributed by atoms with Crippen molar-refractivity contribution >= 4 is 17.1 Å². The number of hydrogen-bond acceptors (Lipinski definition) is 4. The molecule has 3 rings (SSSR count). The quantitative estimate of drug-likeness (QED) is 0.544. The number of fused-ring (bicyclic) bond motifs is 1. The van der Waals surface area contributed by atoms with Gasteiger partial charge in [0.25, 0.3) is 0 Å². The van der Waals surface area contributed by atoms with Gasteiger partial charge in [-0.2, -0.15) is 0 Å². The van der Waals surface area contributed by atoms with Crippen LogP contribution >= 0.6 is 0 Å². The van der Waals surface area contributed by atoms with Crippen LogP contribution < -0.4 is 0 Å². The van der Waals surface area contributed by atoms with Gasteiger partial charge in [-0.25, -0.2) is 9.78 Å². The van der Waals surface area contributed by atoms with E-state index in [1.807, 2.05) is 30.3 Å². The fraction of sp³-hybridized carbons (Fsp3) is 0.0588. The monoisotopic (exact) mass is 277 g/mol. The molecule has 1 aromatic heterocycles. The van der Waals surface area contributed by atoms with E-state index in [0.717, 1.165) is 5.52 Å². The molecule has 0 aliphatic carbocycles. The summed E-state index contributed by atoms with van der Waals surface area (Å²) in [7, 11) is 0. The molecule has 2 aromatic carbocycles. The Bertz CT molecular complexity index is 809. The first kappa shape index (κ1) is 12.9. The molecule has 0 fully saturated rings. The third kappa shape index (κ3) is 2.63. The van der Waals surface area contributed by atoms with E-state index < -0.39 is 5.97 Å². The van der Waals surface area contributed by atoms with Gasteiger partial charge in [0.1, 0.15) is 5.52 Å². The molecule has 0 amide bonds. The van der Waals surface area contributed by atoms with E-state index >= 15 is 0 Å². The lowest BCUT2D eigenvalue weighted by molar-refractivity contribution is 0.0557. The number of terminal acetylenes is 1. The van der Waals surface area contributed by atoms with Crippen molar-refractivity contribution in [1.29, 1.82) is 0 Å². The van der Waals surface area contributed by atoms with E-state index in [1.54, 1.807) is 18.2 Å². The maximum atomic E-state index is 11.8. The van der Waals surface area contributed by atoms with E-state index in [1.165, 1.54) is 0 Å². The summed E-state index contributed by atoms with van der Waals surface area (Å²) in [6.07, 6.45) is 5.07. The predicted octanol–water partition coefficient (Wildman–Crippen LogP) is 3.28. The molecule has 3 aromatic rings. The summed E-state index contributed by atoms with van der Waals surface area (Å²) in [6.45, 7) is -0.0497. The first-order chi connectivity index (χ1) is 10.3. The predicted molar refractivity (Wildman–Crippen MR) is 78.6 cm³/mol. The van der Waals surface area contributed by atoms with E-state index in [-0.39, 0.29) is 6.61 Å². The number of ether oxygens (including phenoxy) is 1. The molecule has 0 unspecified atom stereocenters. The molecule has 0 bridgehead atoms. The summed E-state index contributed by atoms with van der Waals surface area (Å²) in [4.78, 5) is 16.2. The van der Waals surface area contributed by atoms with Crippen LogP contribution in [0.3, 0.4) is 0 Å². The molecule has 0 saturated heterocycles. The molecule has 0 atom stereocenters. The molecule has 0 radical (unpaired) electrons. The topological polar surface area (TPSA) is 52.3 Å². The molecule has 4 heteroatoms. The largest absolute Gasteiger partial charge is 0.449 e. The van der Waals surface area contributed by atoms with E-state index in [2.05, 4.69) is 10.9 Å². The van der Waals surface area contributed by atoms with Gasteiger partial charge in [0.05, 0.1) is 5.56 Å². The van der Waals surface area contributed by atoms with E-state index in [9.17, 15) is 4.79 Å². The summed E-state index contributed by atoms with van der Waals surface area (Å²) in [6, 6.07) is 14.4. The summed E-state index contributed by atoms with van der Waals surface area (Å²) < 4.78 is 10.6. The maximum absolute atomic E-state index is 11.8. The summed E-state index contributed by atoms with van der Waals surface area (Å²) in [5.41, 5.74) is 2.59. The lowest BCUT2D eigenvalue weighted by Gasteiger charge is -2.02. The average Bonchev–Trinajstić information content (AvgIpc) is 2.97. The van der Waals surface area contributed by atoms with Crippen LogP contribution in [-0.2, 0) is 4.74 Å². The standard InChI is InChI=1S/C17H11NO3/c1-2-10-20-17(19)13-7-5-6-12(11-13)16-18-14-8-3-4-9-15(14)21-16/h1,3-9,11H,10H2. The molecular weight excluding hydrogens is 266 g/mol. The fourth-order valence-corrected chi connectivity index (χ4v) is 1.97. The molecule has 4 nitrogen and oxygen atoms in total. The van der Waals surface area contributed by atoms with Gasteiger partial charge in [-0.3, -0.25) is 0 Å². The Hall–Kier alpha value is -3.06. The van der Waals surface area contributed by atoms with Crippen molar-refractivity contribution in [2.24, 2.45) is 0 Å². The van der Waals surface area contributed by atoms with Crippen LogP contribution in [0.15, 0.2) is 52.9 Å². The molecule has 0 spiro atoms. The second kappa shape index (κ2) is 5.51. The Kier molecular flexibility index (Phi) is 3.40. The SMILES string of the molecule is C#CCOC(=O)c1cccc(-c2nc3ccccc3o2)c1. The highest BCUT2D eigenvalue weighted by Gasteiger charge is 2.11. The van der Waals surface area contributed by atoms with Crippen LogP contribution in [-0.4, -0.2) is 17.6 Å². The van der Waals surface area contributed by atoms with Crippen molar-refractivity contribution in [3.05, 3.63) is 54.1 Å². The molecular formula is C17H11NO3. The minimum Gasteiger partial charge on any atom is -0.449 e. The van der Waals surface area contributed by atoms with Crippen LogP contribution in [0.2, 0.25) is 0 Å². The van der Waals surface area contributed by atoms with Gasteiger partial charge < -0.3 is 9.15 Å². The number of rotatable bonds is 3. The van der Waals surface area contributed by atoms with Gasteiger partial charge in [0.2, 0.25) is 5.89 Å². The van der Waals surface area contributed by atoms with Gasteiger partial charge in [0.15, 0.2) is 12.2 Å². The number of oxazole rings is 1. The molecule has 0 aliphatic rings. The Balaban J connectivity index is 1.95. The van der Waals surface area contributed by atoms with Crippen molar-refractivity contribution in [3.63, 3.8) is 0 Å². The smallest absolute Gasteiger partial charge is 0.339 e. The van der Waals surface area contributed by atoms with Crippen LogP contribution in [0.4, 0.5) is 0 Å². The fourth-order valence-electron chi connectivity index (χ4n) is 1.97.